The molecule has 0 spiro atoms. The predicted molar refractivity (Wildman–Crippen MR) is 101 cm³/mol. The van der Waals surface area contributed by atoms with E-state index in [1.165, 1.54) is 0 Å². The molecule has 0 aliphatic rings. The first kappa shape index (κ1) is 20.2. The van der Waals surface area contributed by atoms with Gasteiger partial charge in [0, 0.05) is 0 Å². The zero-order chi connectivity index (χ0) is 19.6. The summed E-state index contributed by atoms with van der Waals surface area (Å²) in [5, 5.41) is 2.85. The molecule has 2 rings (SSSR count). The average molecular weight is 369 g/mol. The SMILES string of the molecule is CC[C@@H](NC(=O)COC(=O)COc1ccccc1C=O)c1ccc(C)cc1. The molecule has 0 heterocycles. The summed E-state index contributed by atoms with van der Waals surface area (Å²) in [6.45, 7) is 3.20. The Balaban J connectivity index is 1.79. The maximum absolute atomic E-state index is 12.1. The van der Waals surface area contributed by atoms with Crippen molar-refractivity contribution in [3.63, 3.8) is 0 Å². The number of nitrogens with one attached hydrogen (secondary N) is 1. The standard InChI is InChI=1S/C21H23NO5/c1-3-18(16-10-8-15(2)9-11-16)22-20(24)13-27-21(25)14-26-19-7-5-4-6-17(19)12-23/h4-12,18H,3,13-14H2,1-2H3,(H,22,24)/t18-/m1/s1. The van der Waals surface area contributed by atoms with Crippen LogP contribution >= 0.6 is 0 Å². The lowest BCUT2D eigenvalue weighted by atomic mass is 10.0. The van der Waals surface area contributed by atoms with Gasteiger partial charge in [-0.15, -0.1) is 0 Å². The lowest BCUT2D eigenvalue weighted by Gasteiger charge is -2.17. The molecule has 1 amide bonds. The van der Waals surface area contributed by atoms with Gasteiger partial charge in [-0.1, -0.05) is 48.9 Å². The summed E-state index contributed by atoms with van der Waals surface area (Å²) in [5.41, 5.74) is 2.48. The molecule has 1 N–H and O–H groups in total. The third kappa shape index (κ3) is 6.26. The highest BCUT2D eigenvalue weighted by atomic mass is 16.6. The molecule has 0 unspecified atom stereocenters. The Hall–Kier alpha value is -3.15. The van der Waals surface area contributed by atoms with Gasteiger partial charge in [0.25, 0.3) is 5.91 Å². The van der Waals surface area contributed by atoms with E-state index in [9.17, 15) is 14.4 Å². The summed E-state index contributed by atoms with van der Waals surface area (Å²) in [5.74, 6) is -0.780. The Morgan fingerprint density at radius 2 is 1.78 bits per heavy atom. The molecule has 27 heavy (non-hydrogen) atoms. The van der Waals surface area contributed by atoms with Crippen LogP contribution in [0, 0.1) is 6.92 Å². The van der Waals surface area contributed by atoms with Gasteiger partial charge in [-0.2, -0.15) is 0 Å². The molecular formula is C21H23NO5. The predicted octanol–water partition coefficient (Wildman–Crippen LogP) is 3.00. The molecule has 0 fully saturated rings. The third-order valence-electron chi connectivity index (χ3n) is 3.98. The number of carbonyl (C=O) groups excluding carboxylic acids is 3. The van der Waals surface area contributed by atoms with Crippen molar-refractivity contribution in [1.82, 2.24) is 5.32 Å². The van der Waals surface area contributed by atoms with E-state index in [4.69, 9.17) is 9.47 Å². The van der Waals surface area contributed by atoms with Crippen molar-refractivity contribution in [2.75, 3.05) is 13.2 Å². The van der Waals surface area contributed by atoms with E-state index in [-0.39, 0.29) is 25.2 Å². The van der Waals surface area contributed by atoms with Crippen molar-refractivity contribution in [2.24, 2.45) is 0 Å². The van der Waals surface area contributed by atoms with Gasteiger partial charge in [0.05, 0.1) is 11.6 Å². The summed E-state index contributed by atoms with van der Waals surface area (Å²) in [6.07, 6.45) is 1.36. The van der Waals surface area contributed by atoms with E-state index in [0.717, 1.165) is 11.1 Å². The number of carbonyl (C=O) groups is 3. The number of esters is 1. The zero-order valence-corrected chi connectivity index (χ0v) is 15.4. The summed E-state index contributed by atoms with van der Waals surface area (Å²) in [7, 11) is 0. The summed E-state index contributed by atoms with van der Waals surface area (Å²) >= 11 is 0. The molecule has 0 saturated carbocycles. The largest absolute Gasteiger partial charge is 0.481 e. The number of rotatable bonds is 9. The summed E-state index contributed by atoms with van der Waals surface area (Å²) in [4.78, 5) is 34.7. The van der Waals surface area contributed by atoms with Crippen LogP contribution in [0.4, 0.5) is 0 Å². The molecule has 0 aliphatic carbocycles. The fraction of sp³-hybridized carbons (Fsp3) is 0.286. The minimum atomic E-state index is -0.686. The van der Waals surface area contributed by atoms with Crippen LogP contribution in [0.1, 0.15) is 40.9 Å². The van der Waals surface area contributed by atoms with E-state index in [1.54, 1.807) is 24.3 Å². The first-order valence-corrected chi connectivity index (χ1v) is 8.72. The van der Waals surface area contributed by atoms with E-state index >= 15 is 0 Å². The van der Waals surface area contributed by atoms with Crippen molar-refractivity contribution in [3.8, 4) is 5.75 Å². The Morgan fingerprint density at radius 3 is 2.44 bits per heavy atom. The van der Waals surface area contributed by atoms with Crippen LogP contribution in [-0.2, 0) is 14.3 Å². The molecule has 6 heteroatoms. The van der Waals surface area contributed by atoms with Crippen LogP contribution in [0.3, 0.4) is 0 Å². The molecule has 142 valence electrons. The van der Waals surface area contributed by atoms with Crippen molar-refractivity contribution in [2.45, 2.75) is 26.3 Å². The number of hydrogen-bond acceptors (Lipinski definition) is 5. The molecule has 1 atom stereocenters. The van der Waals surface area contributed by atoms with Gasteiger partial charge in [-0.25, -0.2) is 4.79 Å². The average Bonchev–Trinajstić information content (AvgIpc) is 2.69. The highest BCUT2D eigenvalue weighted by Gasteiger charge is 2.15. The number of benzene rings is 2. The zero-order valence-electron chi connectivity index (χ0n) is 15.4. The van der Waals surface area contributed by atoms with Gasteiger partial charge >= 0.3 is 5.97 Å². The molecule has 0 saturated heterocycles. The summed E-state index contributed by atoms with van der Waals surface area (Å²) in [6, 6.07) is 14.3. The minimum Gasteiger partial charge on any atom is -0.481 e. The number of aldehydes is 1. The molecule has 0 radical (unpaired) electrons. The molecule has 2 aromatic carbocycles. The summed E-state index contributed by atoms with van der Waals surface area (Å²) < 4.78 is 10.2. The first-order chi connectivity index (χ1) is 13.0. The highest BCUT2D eigenvalue weighted by molar-refractivity contribution is 5.82. The van der Waals surface area contributed by atoms with E-state index in [1.807, 2.05) is 38.1 Å². The first-order valence-electron chi connectivity index (χ1n) is 8.72. The minimum absolute atomic E-state index is 0.146. The van der Waals surface area contributed by atoms with Gasteiger partial charge in [-0.05, 0) is 31.0 Å². The van der Waals surface area contributed by atoms with E-state index in [2.05, 4.69) is 5.32 Å². The maximum atomic E-state index is 12.1. The quantitative estimate of drug-likeness (QED) is 0.543. The maximum Gasteiger partial charge on any atom is 0.344 e. The smallest absolute Gasteiger partial charge is 0.344 e. The molecular weight excluding hydrogens is 346 g/mol. The van der Waals surface area contributed by atoms with Crippen LogP contribution in [-0.4, -0.2) is 31.4 Å². The number of aryl methyl sites for hydroxylation is 1. The lowest BCUT2D eigenvalue weighted by Crippen LogP contribution is -2.33. The van der Waals surface area contributed by atoms with Crippen LogP contribution in [0.15, 0.2) is 48.5 Å². The Morgan fingerprint density at radius 1 is 1.07 bits per heavy atom. The molecule has 0 aromatic heterocycles. The van der Waals surface area contributed by atoms with E-state index in [0.29, 0.717) is 24.0 Å². The number of para-hydroxylation sites is 1. The lowest BCUT2D eigenvalue weighted by molar-refractivity contribution is -0.150. The Labute approximate surface area is 158 Å². The normalized spacial score (nSPS) is 11.3. The van der Waals surface area contributed by atoms with Crippen molar-refractivity contribution >= 4 is 18.2 Å². The van der Waals surface area contributed by atoms with Crippen molar-refractivity contribution in [3.05, 3.63) is 65.2 Å². The second-order valence-corrected chi connectivity index (χ2v) is 6.04. The number of amides is 1. The molecule has 0 bridgehead atoms. The fourth-order valence-electron chi connectivity index (χ4n) is 2.49. The van der Waals surface area contributed by atoms with Crippen molar-refractivity contribution in [1.29, 1.82) is 0 Å². The van der Waals surface area contributed by atoms with Gasteiger partial charge in [-0.3, -0.25) is 9.59 Å². The Kier molecular flexibility index (Phi) is 7.55. The number of hydrogen-bond donors (Lipinski definition) is 1. The fourth-order valence-corrected chi connectivity index (χ4v) is 2.49. The number of ether oxygens (including phenoxy) is 2. The van der Waals surface area contributed by atoms with Crippen LogP contribution in [0.25, 0.3) is 0 Å². The molecule has 2 aromatic rings. The van der Waals surface area contributed by atoms with Crippen molar-refractivity contribution < 1.29 is 23.9 Å². The highest BCUT2D eigenvalue weighted by Crippen LogP contribution is 2.17. The van der Waals surface area contributed by atoms with E-state index < -0.39 is 5.97 Å². The molecule has 6 nitrogen and oxygen atoms in total. The molecule has 0 aliphatic heterocycles. The van der Waals surface area contributed by atoms with Crippen LogP contribution < -0.4 is 10.1 Å². The van der Waals surface area contributed by atoms with Gasteiger partial charge in [0.2, 0.25) is 0 Å². The Bertz CT molecular complexity index is 785. The van der Waals surface area contributed by atoms with Crippen LogP contribution in [0.5, 0.6) is 5.75 Å². The third-order valence-corrected chi connectivity index (χ3v) is 3.98. The second kappa shape index (κ2) is 10.1. The van der Waals surface area contributed by atoms with Gasteiger partial charge in [0.1, 0.15) is 5.75 Å². The van der Waals surface area contributed by atoms with Crippen LogP contribution in [0.2, 0.25) is 0 Å². The topological polar surface area (TPSA) is 81.7 Å². The monoisotopic (exact) mass is 369 g/mol. The second-order valence-electron chi connectivity index (χ2n) is 6.04. The van der Waals surface area contributed by atoms with Gasteiger partial charge < -0.3 is 14.8 Å². The van der Waals surface area contributed by atoms with Gasteiger partial charge in [0.15, 0.2) is 19.5 Å².